The van der Waals surface area contributed by atoms with Gasteiger partial charge in [0.2, 0.25) is 0 Å². The number of benzene rings is 1. The number of unbranched alkanes of at least 4 members (excludes halogenated alkanes) is 2. The summed E-state index contributed by atoms with van der Waals surface area (Å²) in [4.78, 5) is 0. The molecule has 0 aromatic heterocycles. The number of hydrogen-bond acceptors (Lipinski definition) is 0. The molecule has 0 saturated heterocycles. The minimum atomic E-state index is 0.281. The minimum absolute atomic E-state index is 0.281. The Morgan fingerprint density at radius 2 is 1.47 bits per heavy atom. The average Bonchev–Trinajstić information content (AvgIpc) is 2.29. The van der Waals surface area contributed by atoms with E-state index in [0.717, 1.165) is 0 Å². The lowest BCUT2D eigenvalue weighted by atomic mass is 9.61. The van der Waals surface area contributed by atoms with Crippen LogP contribution in [0.1, 0.15) is 65.9 Å². The molecule has 0 spiro atoms. The molecule has 0 unspecified atom stereocenters. The first-order valence-corrected chi connectivity index (χ1v) is 6.97. The van der Waals surface area contributed by atoms with Gasteiger partial charge in [-0.15, -0.1) is 0 Å². The first-order valence-electron chi connectivity index (χ1n) is 6.97. The molecule has 96 valence electrons. The smallest absolute Gasteiger partial charge is 0.00268 e. The lowest BCUT2D eigenvalue weighted by Crippen LogP contribution is -2.37. The van der Waals surface area contributed by atoms with Crippen LogP contribution in [0.5, 0.6) is 0 Å². The van der Waals surface area contributed by atoms with Gasteiger partial charge in [-0.1, -0.05) is 84.2 Å². The Bertz CT molecular complexity index is 318. The van der Waals surface area contributed by atoms with Crippen LogP contribution in [0.3, 0.4) is 0 Å². The Morgan fingerprint density at radius 3 is 1.94 bits per heavy atom. The fourth-order valence-corrected chi connectivity index (χ4v) is 2.49. The third kappa shape index (κ3) is 3.34. The molecule has 1 atom stereocenters. The first-order chi connectivity index (χ1) is 7.92. The van der Waals surface area contributed by atoms with Crippen molar-refractivity contribution in [2.45, 2.75) is 65.7 Å². The molecule has 1 aromatic rings. The van der Waals surface area contributed by atoms with Crippen molar-refractivity contribution >= 4 is 0 Å². The molecule has 1 rings (SSSR count). The van der Waals surface area contributed by atoms with E-state index in [-0.39, 0.29) is 5.41 Å². The van der Waals surface area contributed by atoms with Crippen LogP contribution in [0.4, 0.5) is 0 Å². The van der Waals surface area contributed by atoms with Crippen molar-refractivity contribution in [3.8, 4) is 0 Å². The van der Waals surface area contributed by atoms with Crippen molar-refractivity contribution in [1.82, 2.24) is 0 Å². The molecule has 0 aliphatic rings. The predicted molar refractivity (Wildman–Crippen MR) is 77.4 cm³/mol. The first kappa shape index (κ1) is 14.3. The zero-order valence-corrected chi connectivity index (χ0v) is 12.2. The SMILES string of the molecule is CCCCC[C@](C)(c1ccccc1)C(C)(C)C. The highest BCUT2D eigenvalue weighted by Gasteiger charge is 2.37. The Labute approximate surface area is 107 Å². The number of hydrogen-bond donors (Lipinski definition) is 0. The lowest BCUT2D eigenvalue weighted by Gasteiger charge is -2.43. The largest absolute Gasteiger partial charge is 0.0654 e. The van der Waals surface area contributed by atoms with Crippen molar-refractivity contribution in [3.05, 3.63) is 35.9 Å². The molecule has 0 bridgehead atoms. The topological polar surface area (TPSA) is 0 Å². The highest BCUT2D eigenvalue weighted by molar-refractivity contribution is 5.26. The van der Waals surface area contributed by atoms with Gasteiger partial charge >= 0.3 is 0 Å². The predicted octanol–water partition coefficient (Wildman–Crippen LogP) is 5.57. The highest BCUT2D eigenvalue weighted by atomic mass is 14.4. The van der Waals surface area contributed by atoms with Crippen LogP contribution in [0.15, 0.2) is 30.3 Å². The molecule has 0 amide bonds. The molecule has 0 heterocycles. The Kier molecular flexibility index (Phi) is 4.80. The maximum atomic E-state index is 2.43. The number of rotatable bonds is 5. The summed E-state index contributed by atoms with van der Waals surface area (Å²) in [6, 6.07) is 11.0. The van der Waals surface area contributed by atoms with Crippen molar-refractivity contribution in [3.63, 3.8) is 0 Å². The maximum absolute atomic E-state index is 2.43. The van der Waals surface area contributed by atoms with Crippen molar-refractivity contribution in [2.24, 2.45) is 5.41 Å². The van der Waals surface area contributed by atoms with Crippen LogP contribution >= 0.6 is 0 Å². The van der Waals surface area contributed by atoms with Gasteiger partial charge in [0.15, 0.2) is 0 Å². The summed E-state index contributed by atoms with van der Waals surface area (Å²) in [7, 11) is 0. The van der Waals surface area contributed by atoms with Crippen LogP contribution in [0, 0.1) is 5.41 Å². The van der Waals surface area contributed by atoms with E-state index < -0.39 is 0 Å². The minimum Gasteiger partial charge on any atom is -0.0654 e. The van der Waals surface area contributed by atoms with Gasteiger partial charge in [0, 0.05) is 0 Å². The Morgan fingerprint density at radius 1 is 0.882 bits per heavy atom. The van der Waals surface area contributed by atoms with Gasteiger partial charge < -0.3 is 0 Å². The van der Waals surface area contributed by atoms with Gasteiger partial charge in [-0.3, -0.25) is 0 Å². The van der Waals surface area contributed by atoms with Crippen LogP contribution in [-0.4, -0.2) is 0 Å². The second kappa shape index (κ2) is 5.71. The molecule has 0 N–H and O–H groups in total. The quantitative estimate of drug-likeness (QED) is 0.582. The lowest BCUT2D eigenvalue weighted by molar-refractivity contribution is 0.184. The summed E-state index contributed by atoms with van der Waals surface area (Å²) in [5.74, 6) is 0. The third-order valence-electron chi connectivity index (χ3n) is 4.35. The second-order valence-electron chi connectivity index (χ2n) is 6.41. The average molecular weight is 232 g/mol. The zero-order chi connectivity index (χ0) is 12.9. The van der Waals surface area contributed by atoms with Crippen LogP contribution in [0.25, 0.3) is 0 Å². The molecule has 0 saturated carbocycles. The van der Waals surface area contributed by atoms with Crippen molar-refractivity contribution in [2.75, 3.05) is 0 Å². The molecule has 0 heteroatoms. The van der Waals surface area contributed by atoms with Gasteiger partial charge in [0.1, 0.15) is 0 Å². The van der Waals surface area contributed by atoms with E-state index in [9.17, 15) is 0 Å². The normalized spacial score (nSPS) is 15.6. The second-order valence-corrected chi connectivity index (χ2v) is 6.41. The summed E-state index contributed by atoms with van der Waals surface area (Å²) in [6.07, 6.45) is 5.26. The van der Waals surface area contributed by atoms with Crippen LogP contribution in [-0.2, 0) is 5.41 Å². The summed E-state index contributed by atoms with van der Waals surface area (Å²) in [5, 5.41) is 0. The van der Waals surface area contributed by atoms with E-state index in [1.165, 1.54) is 31.2 Å². The molecule has 0 aliphatic carbocycles. The highest BCUT2D eigenvalue weighted by Crippen LogP contribution is 2.44. The summed E-state index contributed by atoms with van der Waals surface area (Å²) in [6.45, 7) is 11.8. The van der Waals surface area contributed by atoms with E-state index in [2.05, 4.69) is 65.0 Å². The molecule has 1 aromatic carbocycles. The monoisotopic (exact) mass is 232 g/mol. The summed E-state index contributed by atoms with van der Waals surface area (Å²) in [5.41, 5.74) is 2.08. The molecule has 0 aliphatic heterocycles. The van der Waals surface area contributed by atoms with Gasteiger partial charge in [0.05, 0.1) is 0 Å². The van der Waals surface area contributed by atoms with Gasteiger partial charge in [-0.2, -0.15) is 0 Å². The maximum Gasteiger partial charge on any atom is -0.00268 e. The summed E-state index contributed by atoms with van der Waals surface area (Å²) < 4.78 is 0. The van der Waals surface area contributed by atoms with Crippen molar-refractivity contribution in [1.29, 1.82) is 0 Å². The van der Waals surface area contributed by atoms with Gasteiger partial charge in [0.25, 0.3) is 0 Å². The fraction of sp³-hybridized carbons (Fsp3) is 0.647. The molecular weight excluding hydrogens is 204 g/mol. The molecule has 0 fully saturated rings. The van der Waals surface area contributed by atoms with Gasteiger partial charge in [-0.25, -0.2) is 0 Å². The van der Waals surface area contributed by atoms with Crippen molar-refractivity contribution < 1.29 is 0 Å². The molecule has 0 radical (unpaired) electrons. The van der Waals surface area contributed by atoms with Crippen LogP contribution < -0.4 is 0 Å². The van der Waals surface area contributed by atoms with E-state index in [4.69, 9.17) is 0 Å². The van der Waals surface area contributed by atoms with E-state index >= 15 is 0 Å². The third-order valence-corrected chi connectivity index (χ3v) is 4.35. The van der Waals surface area contributed by atoms with Gasteiger partial charge in [-0.05, 0) is 22.8 Å². The van der Waals surface area contributed by atoms with E-state index in [1.807, 2.05) is 0 Å². The van der Waals surface area contributed by atoms with Crippen LogP contribution in [0.2, 0.25) is 0 Å². The van der Waals surface area contributed by atoms with E-state index in [1.54, 1.807) is 0 Å². The fourth-order valence-electron chi connectivity index (χ4n) is 2.49. The Balaban J connectivity index is 2.95. The zero-order valence-electron chi connectivity index (χ0n) is 12.2. The summed E-state index contributed by atoms with van der Waals surface area (Å²) >= 11 is 0. The standard InChI is InChI=1S/C17H28/c1-6-7-11-14-17(5,16(2,3)4)15-12-9-8-10-13-15/h8-10,12-13H,6-7,11,14H2,1-5H3/t17-/m1/s1. The Hall–Kier alpha value is -0.780. The molecular formula is C17H28. The molecule has 0 nitrogen and oxygen atoms in total. The van der Waals surface area contributed by atoms with E-state index in [0.29, 0.717) is 5.41 Å². The molecule has 17 heavy (non-hydrogen) atoms.